The van der Waals surface area contributed by atoms with Crippen LogP contribution in [0.1, 0.15) is 16.1 Å². The highest BCUT2D eigenvalue weighted by Crippen LogP contribution is 2.14. The Labute approximate surface area is 153 Å². The number of amides is 4. The molecule has 136 valence electrons. The molecule has 8 heteroatoms. The first-order valence-corrected chi connectivity index (χ1v) is 7.87. The lowest BCUT2D eigenvalue weighted by Gasteiger charge is -2.12. The molecule has 0 aliphatic carbocycles. The van der Waals surface area contributed by atoms with Crippen LogP contribution in [0.2, 0.25) is 0 Å². The fourth-order valence-corrected chi connectivity index (χ4v) is 2.21. The second kappa shape index (κ2) is 7.96. The topological polar surface area (TPSA) is 115 Å². The summed E-state index contributed by atoms with van der Waals surface area (Å²) in [7, 11) is 0. The zero-order valence-corrected chi connectivity index (χ0v) is 13.9. The highest BCUT2D eigenvalue weighted by molar-refractivity contribution is 6.29. The van der Waals surface area contributed by atoms with Crippen LogP contribution in [0.4, 0.5) is 4.79 Å². The number of urea groups is 1. The molecule has 2 aromatic rings. The summed E-state index contributed by atoms with van der Waals surface area (Å²) in [6.45, 7) is -0.141. The maximum absolute atomic E-state index is 11.8. The summed E-state index contributed by atoms with van der Waals surface area (Å²) in [4.78, 5) is 45.9. The first-order chi connectivity index (χ1) is 13.0. The fraction of sp³-hybridized carbons (Fsp3) is 0.0526. The number of benzene rings is 1. The van der Waals surface area contributed by atoms with Gasteiger partial charge in [0.15, 0.2) is 12.4 Å². The van der Waals surface area contributed by atoms with Gasteiger partial charge in [0.2, 0.25) is 5.78 Å². The van der Waals surface area contributed by atoms with Crippen LogP contribution in [0.25, 0.3) is 6.08 Å². The molecule has 0 atom stereocenters. The lowest BCUT2D eigenvalue weighted by atomic mass is 10.1. The van der Waals surface area contributed by atoms with Crippen LogP contribution < -0.4 is 15.4 Å². The van der Waals surface area contributed by atoms with E-state index in [0.29, 0.717) is 5.75 Å². The van der Waals surface area contributed by atoms with Crippen molar-refractivity contribution in [2.24, 2.45) is 0 Å². The highest BCUT2D eigenvalue weighted by Gasteiger charge is 2.26. The molecule has 1 aromatic carbocycles. The summed E-state index contributed by atoms with van der Waals surface area (Å²) in [5, 5.41) is 3.97. The molecule has 3 rings (SSSR count). The number of carbonyl (C=O) groups is 4. The van der Waals surface area contributed by atoms with E-state index in [4.69, 9.17) is 9.15 Å². The number of ketones is 1. The molecule has 0 saturated carbocycles. The molecule has 1 aromatic heterocycles. The van der Waals surface area contributed by atoms with E-state index >= 15 is 0 Å². The number of hydrogen-bond acceptors (Lipinski definition) is 6. The summed E-state index contributed by atoms with van der Waals surface area (Å²) in [6, 6.07) is 9.20. The van der Waals surface area contributed by atoms with Crippen molar-refractivity contribution in [1.82, 2.24) is 10.6 Å². The highest BCUT2D eigenvalue weighted by atomic mass is 16.5. The lowest BCUT2D eigenvalue weighted by molar-refractivity contribution is -0.124. The molecule has 0 spiro atoms. The Morgan fingerprint density at radius 2 is 1.74 bits per heavy atom. The van der Waals surface area contributed by atoms with Crippen LogP contribution >= 0.6 is 0 Å². The molecule has 1 fully saturated rings. The van der Waals surface area contributed by atoms with Gasteiger partial charge in [0.1, 0.15) is 11.3 Å². The monoisotopic (exact) mass is 366 g/mol. The SMILES string of the molecule is O=C1NC(=O)C(=C/C=C/c2ccc(OCC(=O)c3ccco3)cc2)C(=O)N1. The van der Waals surface area contributed by atoms with Gasteiger partial charge < -0.3 is 9.15 Å². The molecule has 1 saturated heterocycles. The maximum Gasteiger partial charge on any atom is 0.328 e. The van der Waals surface area contributed by atoms with Crippen LogP contribution in [0.5, 0.6) is 5.75 Å². The first kappa shape index (κ1) is 17.9. The van der Waals surface area contributed by atoms with Gasteiger partial charge in [0.25, 0.3) is 11.8 Å². The molecule has 2 N–H and O–H groups in total. The van der Waals surface area contributed by atoms with Crippen LogP contribution in [0, 0.1) is 0 Å². The number of allylic oxidation sites excluding steroid dienone is 2. The molecular formula is C19H14N2O6. The summed E-state index contributed by atoms with van der Waals surface area (Å²) in [5.74, 6) is -1.02. The quantitative estimate of drug-likeness (QED) is 0.458. The standard InChI is InChI=1S/C19H14N2O6/c22-15(16-5-2-10-26-16)11-27-13-8-6-12(7-9-13)3-1-4-14-17(23)20-19(25)21-18(14)24/h1-10H,11H2,(H2,20,21,23,24,25)/b3-1+. The second-order valence-corrected chi connectivity index (χ2v) is 5.44. The summed E-state index contributed by atoms with van der Waals surface area (Å²) >= 11 is 0. The van der Waals surface area contributed by atoms with E-state index in [1.807, 2.05) is 10.6 Å². The average Bonchev–Trinajstić information content (AvgIpc) is 3.17. The number of ether oxygens (including phenoxy) is 1. The average molecular weight is 366 g/mol. The maximum atomic E-state index is 11.8. The van der Waals surface area contributed by atoms with Crippen molar-refractivity contribution in [1.29, 1.82) is 0 Å². The van der Waals surface area contributed by atoms with Gasteiger partial charge in [0, 0.05) is 0 Å². The summed E-state index contributed by atoms with van der Waals surface area (Å²) < 4.78 is 10.4. The van der Waals surface area contributed by atoms with Crippen LogP contribution in [0.15, 0.2) is 64.8 Å². The number of nitrogens with one attached hydrogen (secondary N) is 2. The normalized spacial score (nSPS) is 14.1. The van der Waals surface area contributed by atoms with Crippen molar-refractivity contribution < 1.29 is 28.3 Å². The van der Waals surface area contributed by atoms with E-state index < -0.39 is 17.8 Å². The van der Waals surface area contributed by atoms with Crippen molar-refractivity contribution in [2.75, 3.05) is 6.61 Å². The predicted molar refractivity (Wildman–Crippen MR) is 93.8 cm³/mol. The minimum Gasteiger partial charge on any atom is -0.485 e. The van der Waals surface area contributed by atoms with Crippen LogP contribution in [-0.4, -0.2) is 30.2 Å². The Bertz CT molecular complexity index is 917. The molecule has 27 heavy (non-hydrogen) atoms. The van der Waals surface area contributed by atoms with Crippen molar-refractivity contribution >= 4 is 29.7 Å². The van der Waals surface area contributed by atoms with Gasteiger partial charge in [-0.15, -0.1) is 0 Å². The van der Waals surface area contributed by atoms with Gasteiger partial charge in [-0.2, -0.15) is 0 Å². The number of barbiturate groups is 1. The van der Waals surface area contributed by atoms with Crippen molar-refractivity contribution in [3.05, 3.63) is 71.7 Å². The molecule has 0 radical (unpaired) electrons. The number of imide groups is 2. The van der Waals surface area contributed by atoms with Crippen LogP contribution in [-0.2, 0) is 9.59 Å². The molecule has 0 unspecified atom stereocenters. The minimum atomic E-state index is -0.841. The zero-order valence-electron chi connectivity index (χ0n) is 13.9. The fourth-order valence-electron chi connectivity index (χ4n) is 2.21. The Kier molecular flexibility index (Phi) is 5.27. The number of carbonyl (C=O) groups excluding carboxylic acids is 4. The Morgan fingerprint density at radius 1 is 1.04 bits per heavy atom. The number of furan rings is 1. The van der Waals surface area contributed by atoms with Gasteiger partial charge in [-0.05, 0) is 35.9 Å². The number of hydrogen-bond donors (Lipinski definition) is 2. The van der Waals surface area contributed by atoms with E-state index in [1.54, 1.807) is 42.5 Å². The molecule has 1 aliphatic heterocycles. The number of Topliss-reactive ketones (excluding diaryl/α,β-unsaturated/α-hetero) is 1. The Hall–Kier alpha value is -3.94. The van der Waals surface area contributed by atoms with E-state index in [1.165, 1.54) is 18.4 Å². The third-order valence-corrected chi connectivity index (χ3v) is 3.54. The van der Waals surface area contributed by atoms with Gasteiger partial charge in [0.05, 0.1) is 6.26 Å². The van der Waals surface area contributed by atoms with Crippen molar-refractivity contribution in [3.8, 4) is 5.75 Å². The lowest BCUT2D eigenvalue weighted by Crippen LogP contribution is -2.51. The van der Waals surface area contributed by atoms with E-state index in [2.05, 4.69) is 0 Å². The van der Waals surface area contributed by atoms with Crippen molar-refractivity contribution in [3.63, 3.8) is 0 Å². The molecular weight excluding hydrogens is 352 g/mol. The summed E-state index contributed by atoms with van der Waals surface area (Å²) in [6.07, 6.45) is 5.91. The molecule has 0 bridgehead atoms. The third-order valence-electron chi connectivity index (χ3n) is 3.54. The molecule has 4 amide bonds. The smallest absolute Gasteiger partial charge is 0.328 e. The first-order valence-electron chi connectivity index (χ1n) is 7.87. The second-order valence-electron chi connectivity index (χ2n) is 5.44. The van der Waals surface area contributed by atoms with Gasteiger partial charge in [-0.1, -0.05) is 24.3 Å². The molecule has 2 heterocycles. The largest absolute Gasteiger partial charge is 0.485 e. The third kappa shape index (κ3) is 4.57. The zero-order chi connectivity index (χ0) is 19.2. The molecule has 1 aliphatic rings. The van der Waals surface area contributed by atoms with E-state index in [0.717, 1.165) is 5.56 Å². The van der Waals surface area contributed by atoms with Crippen LogP contribution in [0.3, 0.4) is 0 Å². The van der Waals surface area contributed by atoms with Gasteiger partial charge in [-0.3, -0.25) is 25.0 Å². The van der Waals surface area contributed by atoms with E-state index in [-0.39, 0.29) is 23.7 Å². The van der Waals surface area contributed by atoms with Gasteiger partial charge in [-0.25, -0.2) is 4.79 Å². The molecule has 8 nitrogen and oxygen atoms in total. The summed E-state index contributed by atoms with van der Waals surface area (Å²) in [5.41, 5.74) is 0.617. The van der Waals surface area contributed by atoms with Gasteiger partial charge >= 0.3 is 6.03 Å². The minimum absolute atomic E-state index is 0.141. The Balaban J connectivity index is 1.57. The Morgan fingerprint density at radius 3 is 2.37 bits per heavy atom. The number of rotatable bonds is 6. The van der Waals surface area contributed by atoms with E-state index in [9.17, 15) is 19.2 Å². The van der Waals surface area contributed by atoms with Crippen molar-refractivity contribution in [2.45, 2.75) is 0 Å². The predicted octanol–water partition coefficient (Wildman–Crippen LogP) is 1.85.